The summed E-state index contributed by atoms with van der Waals surface area (Å²) < 4.78 is 36.5. The number of anilines is 1. The van der Waals surface area contributed by atoms with Gasteiger partial charge in [-0.05, 0) is 42.3 Å². The van der Waals surface area contributed by atoms with Gasteiger partial charge in [-0.2, -0.15) is 0 Å². The zero-order valence-corrected chi connectivity index (χ0v) is 16.3. The topological polar surface area (TPSA) is 93.7 Å². The Morgan fingerprint density at radius 1 is 1.10 bits per heavy atom. The third-order valence-electron chi connectivity index (χ3n) is 4.26. The summed E-state index contributed by atoms with van der Waals surface area (Å²) in [6.07, 6.45) is 0.368. The molecule has 2 N–H and O–H groups in total. The molecule has 2 aromatic carbocycles. The SMILES string of the molecule is O=C(COC(=O)C1COc2ccc(Cl)cc2C1)NCC(=O)Nc1ccc(F)c(F)c1. The smallest absolute Gasteiger partial charge is 0.313 e. The zero-order valence-electron chi connectivity index (χ0n) is 15.5. The average Bonchev–Trinajstić information content (AvgIpc) is 2.72. The lowest BCUT2D eigenvalue weighted by Crippen LogP contribution is -2.37. The molecule has 0 saturated heterocycles. The van der Waals surface area contributed by atoms with Crippen LogP contribution < -0.4 is 15.4 Å². The van der Waals surface area contributed by atoms with E-state index in [4.69, 9.17) is 21.1 Å². The molecule has 0 fully saturated rings. The maximum Gasteiger partial charge on any atom is 0.313 e. The van der Waals surface area contributed by atoms with Crippen molar-refractivity contribution in [3.63, 3.8) is 0 Å². The molecule has 0 spiro atoms. The van der Waals surface area contributed by atoms with Gasteiger partial charge in [0.25, 0.3) is 5.91 Å². The van der Waals surface area contributed by atoms with E-state index in [0.29, 0.717) is 17.2 Å². The predicted molar refractivity (Wildman–Crippen MR) is 103 cm³/mol. The van der Waals surface area contributed by atoms with Crippen molar-refractivity contribution >= 4 is 35.1 Å². The fraction of sp³-hybridized carbons (Fsp3) is 0.250. The van der Waals surface area contributed by atoms with E-state index in [1.165, 1.54) is 6.07 Å². The maximum atomic E-state index is 13.1. The molecule has 10 heteroatoms. The Kier molecular flexibility index (Phi) is 6.83. The lowest BCUT2D eigenvalue weighted by Gasteiger charge is -2.24. The molecule has 0 aromatic heterocycles. The molecule has 1 heterocycles. The second kappa shape index (κ2) is 9.53. The van der Waals surface area contributed by atoms with Gasteiger partial charge in [0.15, 0.2) is 18.2 Å². The average molecular weight is 439 g/mol. The molecular formula is C20H17ClF2N2O5. The number of rotatable bonds is 6. The lowest BCUT2D eigenvalue weighted by molar-refractivity contribution is -0.153. The first-order chi connectivity index (χ1) is 14.3. The van der Waals surface area contributed by atoms with E-state index in [1.807, 2.05) is 0 Å². The molecule has 3 rings (SSSR count). The monoisotopic (exact) mass is 438 g/mol. The van der Waals surface area contributed by atoms with E-state index < -0.39 is 48.5 Å². The Morgan fingerprint density at radius 3 is 2.67 bits per heavy atom. The molecule has 0 saturated carbocycles. The van der Waals surface area contributed by atoms with Crippen LogP contribution in [0.5, 0.6) is 5.75 Å². The maximum absolute atomic E-state index is 13.1. The summed E-state index contributed by atoms with van der Waals surface area (Å²) in [6, 6.07) is 7.97. The second-order valence-corrected chi connectivity index (χ2v) is 6.96. The first-order valence-electron chi connectivity index (χ1n) is 8.91. The summed E-state index contributed by atoms with van der Waals surface area (Å²) in [5.41, 5.74) is 0.811. The van der Waals surface area contributed by atoms with Crippen molar-refractivity contribution in [2.24, 2.45) is 5.92 Å². The van der Waals surface area contributed by atoms with Gasteiger partial charge < -0.3 is 20.1 Å². The molecule has 0 aliphatic carbocycles. The number of ether oxygens (including phenoxy) is 2. The molecule has 1 unspecified atom stereocenters. The molecule has 158 valence electrons. The fourth-order valence-electron chi connectivity index (χ4n) is 2.78. The first-order valence-corrected chi connectivity index (χ1v) is 9.29. The number of hydrogen-bond donors (Lipinski definition) is 2. The zero-order chi connectivity index (χ0) is 21.7. The van der Waals surface area contributed by atoms with Crippen molar-refractivity contribution in [3.8, 4) is 5.75 Å². The summed E-state index contributed by atoms with van der Waals surface area (Å²) in [6.45, 7) is -0.893. The summed E-state index contributed by atoms with van der Waals surface area (Å²) in [5, 5.41) is 5.09. The van der Waals surface area contributed by atoms with E-state index in [9.17, 15) is 23.2 Å². The van der Waals surface area contributed by atoms with Crippen LogP contribution in [0.15, 0.2) is 36.4 Å². The number of esters is 1. The predicted octanol–water partition coefficient (Wildman–Crippen LogP) is 2.47. The normalized spacial score (nSPS) is 14.8. The molecule has 2 aromatic rings. The van der Waals surface area contributed by atoms with Gasteiger partial charge in [-0.25, -0.2) is 8.78 Å². The molecule has 7 nitrogen and oxygen atoms in total. The number of hydrogen-bond acceptors (Lipinski definition) is 5. The molecule has 1 aliphatic rings. The minimum atomic E-state index is -1.11. The van der Waals surface area contributed by atoms with E-state index >= 15 is 0 Å². The number of fused-ring (bicyclic) bond motifs is 1. The van der Waals surface area contributed by atoms with Gasteiger partial charge in [-0.1, -0.05) is 11.6 Å². The van der Waals surface area contributed by atoms with Gasteiger partial charge in [-0.3, -0.25) is 14.4 Å². The van der Waals surface area contributed by atoms with Crippen molar-refractivity contribution in [1.29, 1.82) is 0 Å². The summed E-state index contributed by atoms with van der Waals surface area (Å²) in [5.74, 6) is -4.05. The molecule has 0 bridgehead atoms. The minimum Gasteiger partial charge on any atom is -0.492 e. The Labute approximate surface area is 175 Å². The highest BCUT2D eigenvalue weighted by Crippen LogP contribution is 2.30. The van der Waals surface area contributed by atoms with Crippen molar-refractivity contribution in [3.05, 3.63) is 58.6 Å². The van der Waals surface area contributed by atoms with Crippen LogP contribution in [0.1, 0.15) is 5.56 Å². The third-order valence-corrected chi connectivity index (χ3v) is 4.49. The van der Waals surface area contributed by atoms with Gasteiger partial charge in [0, 0.05) is 16.8 Å². The molecule has 1 atom stereocenters. The van der Waals surface area contributed by atoms with E-state index in [-0.39, 0.29) is 12.3 Å². The van der Waals surface area contributed by atoms with Crippen molar-refractivity contribution in [2.75, 3.05) is 25.1 Å². The standard InChI is InChI=1S/C20H17ClF2N2O5/c21-13-1-4-17-11(6-13)5-12(9-29-17)20(28)30-10-19(27)24-8-18(26)25-14-2-3-15(22)16(23)7-14/h1-4,6-7,12H,5,8-10H2,(H,24,27)(H,25,26). The largest absolute Gasteiger partial charge is 0.492 e. The molecule has 2 amide bonds. The Hall–Kier alpha value is -3.20. The van der Waals surface area contributed by atoms with Crippen molar-refractivity contribution < 1.29 is 32.6 Å². The van der Waals surface area contributed by atoms with Gasteiger partial charge in [0.2, 0.25) is 5.91 Å². The van der Waals surface area contributed by atoms with Gasteiger partial charge >= 0.3 is 5.97 Å². The molecular weight excluding hydrogens is 422 g/mol. The Morgan fingerprint density at radius 2 is 1.90 bits per heavy atom. The van der Waals surface area contributed by atoms with E-state index in [1.54, 1.807) is 18.2 Å². The third kappa shape index (κ3) is 5.66. The fourth-order valence-corrected chi connectivity index (χ4v) is 2.97. The van der Waals surface area contributed by atoms with E-state index in [0.717, 1.165) is 17.7 Å². The Bertz CT molecular complexity index is 986. The first kappa shape index (κ1) is 21.5. The minimum absolute atomic E-state index is 0.0391. The number of carbonyl (C=O) groups excluding carboxylic acids is 3. The van der Waals surface area contributed by atoms with Crippen LogP contribution in [0.2, 0.25) is 5.02 Å². The van der Waals surface area contributed by atoms with Crippen LogP contribution in [-0.2, 0) is 25.5 Å². The van der Waals surface area contributed by atoms with Crippen LogP contribution in [0.25, 0.3) is 0 Å². The lowest BCUT2D eigenvalue weighted by atomic mass is 9.97. The number of nitrogens with one attached hydrogen (secondary N) is 2. The number of carbonyl (C=O) groups is 3. The van der Waals surface area contributed by atoms with Crippen molar-refractivity contribution in [2.45, 2.75) is 6.42 Å². The van der Waals surface area contributed by atoms with Crippen molar-refractivity contribution in [1.82, 2.24) is 5.32 Å². The molecule has 1 aliphatic heterocycles. The van der Waals surface area contributed by atoms with Gasteiger partial charge in [0.05, 0.1) is 12.5 Å². The number of benzene rings is 2. The van der Waals surface area contributed by atoms with Gasteiger partial charge in [-0.15, -0.1) is 0 Å². The number of halogens is 3. The quantitative estimate of drug-likeness (QED) is 0.676. The Balaban J connectivity index is 1.40. The van der Waals surface area contributed by atoms with E-state index in [2.05, 4.69) is 10.6 Å². The molecule has 30 heavy (non-hydrogen) atoms. The van der Waals surface area contributed by atoms with Crippen LogP contribution in [0, 0.1) is 17.6 Å². The number of amides is 2. The second-order valence-electron chi connectivity index (χ2n) is 6.53. The van der Waals surface area contributed by atoms with Crippen LogP contribution >= 0.6 is 11.6 Å². The van der Waals surface area contributed by atoms with Crippen LogP contribution in [-0.4, -0.2) is 37.5 Å². The van der Waals surface area contributed by atoms with Crippen LogP contribution in [0.4, 0.5) is 14.5 Å². The summed E-state index contributed by atoms with van der Waals surface area (Å²) in [7, 11) is 0. The van der Waals surface area contributed by atoms with Gasteiger partial charge in [0.1, 0.15) is 12.4 Å². The highest BCUT2D eigenvalue weighted by molar-refractivity contribution is 6.30. The molecule has 0 radical (unpaired) electrons. The van der Waals surface area contributed by atoms with Crippen LogP contribution in [0.3, 0.4) is 0 Å². The summed E-state index contributed by atoms with van der Waals surface area (Å²) in [4.78, 5) is 35.7. The summed E-state index contributed by atoms with van der Waals surface area (Å²) >= 11 is 5.94. The highest BCUT2D eigenvalue weighted by Gasteiger charge is 2.28. The highest BCUT2D eigenvalue weighted by atomic mass is 35.5.